The summed E-state index contributed by atoms with van der Waals surface area (Å²) < 4.78 is 4.81. The van der Waals surface area contributed by atoms with Crippen LogP contribution in [0.2, 0.25) is 0 Å². The van der Waals surface area contributed by atoms with Crippen molar-refractivity contribution < 1.29 is 0 Å². The number of rotatable bonds is 9. The second-order valence-corrected chi connectivity index (χ2v) is 18.8. The van der Waals surface area contributed by atoms with Crippen LogP contribution < -0.4 is 0 Å². The summed E-state index contributed by atoms with van der Waals surface area (Å²) in [5.41, 5.74) is 18.4. The Morgan fingerprint density at radius 2 is 0.568 bits per heavy atom. The highest BCUT2D eigenvalue weighted by Gasteiger charge is 2.21. The molecule has 5 heteroatoms. The maximum atomic E-state index is 5.40. The van der Waals surface area contributed by atoms with Crippen molar-refractivity contribution in [1.82, 2.24) is 24.1 Å². The topological polar surface area (TPSA) is 48.5 Å². The summed E-state index contributed by atoms with van der Waals surface area (Å²) in [5.74, 6) is 1.78. The molecular formula is C69H45N5. The van der Waals surface area contributed by atoms with E-state index in [4.69, 9.17) is 15.0 Å². The Balaban J connectivity index is 0.967. The minimum atomic E-state index is 0.589. The van der Waals surface area contributed by atoms with Gasteiger partial charge >= 0.3 is 0 Å². The molecule has 3 heterocycles. The van der Waals surface area contributed by atoms with Gasteiger partial charge in [0.15, 0.2) is 17.5 Å². The number of nitrogens with zero attached hydrogens (tertiary/aromatic N) is 5. The van der Waals surface area contributed by atoms with Gasteiger partial charge in [-0.2, -0.15) is 0 Å². The summed E-state index contributed by atoms with van der Waals surface area (Å²) in [7, 11) is 0. The lowest BCUT2D eigenvalue weighted by Crippen LogP contribution is -2.02. The first kappa shape index (κ1) is 42.9. The van der Waals surface area contributed by atoms with E-state index in [0.717, 1.165) is 83.5 Å². The van der Waals surface area contributed by atoms with Crippen molar-refractivity contribution in [1.29, 1.82) is 0 Å². The van der Waals surface area contributed by atoms with Gasteiger partial charge in [0.2, 0.25) is 0 Å². The molecule has 14 rings (SSSR count). The van der Waals surface area contributed by atoms with Crippen LogP contribution in [0.15, 0.2) is 273 Å². The molecule has 0 N–H and O–H groups in total. The van der Waals surface area contributed by atoms with Crippen LogP contribution in [0.25, 0.3) is 134 Å². The van der Waals surface area contributed by atoms with Crippen LogP contribution in [-0.2, 0) is 0 Å². The molecule has 0 fully saturated rings. The predicted octanol–water partition coefficient (Wildman–Crippen LogP) is 17.7. The van der Waals surface area contributed by atoms with Gasteiger partial charge in [-0.15, -0.1) is 0 Å². The fourth-order valence-electron chi connectivity index (χ4n) is 10.9. The van der Waals surface area contributed by atoms with E-state index in [1.54, 1.807) is 0 Å². The van der Waals surface area contributed by atoms with Crippen LogP contribution in [0.5, 0.6) is 0 Å². The monoisotopic (exact) mass is 943 g/mol. The lowest BCUT2D eigenvalue weighted by atomic mass is 9.94. The number of benzene rings is 11. The zero-order valence-corrected chi connectivity index (χ0v) is 40.2. The van der Waals surface area contributed by atoms with Crippen molar-refractivity contribution in [3.8, 4) is 90.0 Å². The van der Waals surface area contributed by atoms with Crippen LogP contribution in [0, 0.1) is 0 Å². The number of aromatic nitrogens is 5. The molecule has 0 unspecified atom stereocenters. The maximum Gasteiger partial charge on any atom is 0.164 e. The van der Waals surface area contributed by atoms with Gasteiger partial charge in [0, 0.05) is 49.4 Å². The van der Waals surface area contributed by atoms with Crippen LogP contribution in [0.4, 0.5) is 0 Å². The van der Waals surface area contributed by atoms with E-state index >= 15 is 0 Å². The molecule has 0 saturated carbocycles. The van der Waals surface area contributed by atoms with Crippen molar-refractivity contribution in [2.75, 3.05) is 0 Å². The van der Waals surface area contributed by atoms with Gasteiger partial charge in [-0.1, -0.05) is 218 Å². The standard InChI is InChI=1S/C69H45N5/c1-4-20-46(21-5-1)49-26-18-27-50(42-49)51-39-41-65(73-61-34-14-10-30-56(61)57-31-11-15-35-62(57)73)60(44-51)52-28-19-29-53(43-52)68-70-67(48-24-8-3-9-25-48)71-69(72-68)54-38-40-55(47-22-6-2-7-23-47)66(45-54)74-63-36-16-12-32-58(63)59-33-13-17-37-64(59)74/h1-45H. The average Bonchev–Trinajstić information content (AvgIpc) is 4.00. The molecule has 11 aromatic carbocycles. The first-order valence-electron chi connectivity index (χ1n) is 25.1. The van der Waals surface area contributed by atoms with E-state index in [2.05, 4.69) is 264 Å². The van der Waals surface area contributed by atoms with Crippen molar-refractivity contribution in [3.05, 3.63) is 273 Å². The average molecular weight is 944 g/mol. The van der Waals surface area contributed by atoms with Crippen molar-refractivity contribution in [3.63, 3.8) is 0 Å². The molecule has 0 radical (unpaired) electrons. The Morgan fingerprint density at radius 1 is 0.203 bits per heavy atom. The SMILES string of the molecule is c1ccc(-c2cccc(-c3ccc(-n4c5ccccc5c5ccccc54)c(-c4cccc(-c5nc(-c6ccccc6)nc(-c6ccc(-c7ccccc7)c(-n7c8ccccc8c8ccccc87)c6)n5)c4)c3)c2)cc1. The predicted molar refractivity (Wildman–Crippen MR) is 307 cm³/mol. The van der Waals surface area contributed by atoms with Crippen molar-refractivity contribution in [2.45, 2.75) is 0 Å². The lowest BCUT2D eigenvalue weighted by molar-refractivity contribution is 1.07. The highest BCUT2D eigenvalue weighted by Crippen LogP contribution is 2.41. The minimum Gasteiger partial charge on any atom is -0.309 e. The lowest BCUT2D eigenvalue weighted by Gasteiger charge is -2.17. The van der Waals surface area contributed by atoms with E-state index in [-0.39, 0.29) is 0 Å². The molecule has 0 spiro atoms. The summed E-state index contributed by atoms with van der Waals surface area (Å²) in [4.78, 5) is 16.0. The van der Waals surface area contributed by atoms with E-state index in [0.29, 0.717) is 17.5 Å². The number of fused-ring (bicyclic) bond motifs is 6. The molecule has 0 aliphatic rings. The Hall–Kier alpha value is -9.97. The molecule has 0 atom stereocenters. The highest BCUT2D eigenvalue weighted by atomic mass is 15.0. The Morgan fingerprint density at radius 3 is 1.12 bits per heavy atom. The summed E-state index contributed by atoms with van der Waals surface area (Å²) in [6.07, 6.45) is 0. The molecule has 14 aromatic rings. The fraction of sp³-hybridized carbons (Fsp3) is 0. The van der Waals surface area contributed by atoms with Gasteiger partial charge < -0.3 is 9.13 Å². The quantitative estimate of drug-likeness (QED) is 0.145. The number of hydrogen-bond donors (Lipinski definition) is 0. The molecule has 346 valence electrons. The van der Waals surface area contributed by atoms with Crippen LogP contribution in [-0.4, -0.2) is 24.1 Å². The van der Waals surface area contributed by atoms with Gasteiger partial charge in [0.1, 0.15) is 0 Å². The van der Waals surface area contributed by atoms with Gasteiger partial charge in [-0.3, -0.25) is 0 Å². The van der Waals surface area contributed by atoms with Crippen molar-refractivity contribution >= 4 is 43.6 Å². The second-order valence-electron chi connectivity index (χ2n) is 18.8. The first-order chi connectivity index (χ1) is 36.7. The van der Waals surface area contributed by atoms with Gasteiger partial charge in [0.05, 0.1) is 33.4 Å². The Labute approximate surface area is 428 Å². The third-order valence-electron chi connectivity index (χ3n) is 14.4. The third-order valence-corrected chi connectivity index (χ3v) is 14.4. The third kappa shape index (κ3) is 7.46. The van der Waals surface area contributed by atoms with E-state index in [1.807, 2.05) is 18.2 Å². The molecule has 0 amide bonds. The molecule has 0 bridgehead atoms. The first-order valence-corrected chi connectivity index (χ1v) is 25.1. The van der Waals surface area contributed by atoms with Crippen molar-refractivity contribution in [2.24, 2.45) is 0 Å². The molecule has 0 aliphatic carbocycles. The summed E-state index contributed by atoms with van der Waals surface area (Å²) in [5, 5.41) is 4.83. The fourth-order valence-corrected chi connectivity index (χ4v) is 10.9. The maximum absolute atomic E-state index is 5.40. The van der Waals surface area contributed by atoms with Crippen LogP contribution in [0.1, 0.15) is 0 Å². The molecular weight excluding hydrogens is 899 g/mol. The smallest absolute Gasteiger partial charge is 0.164 e. The summed E-state index contributed by atoms with van der Waals surface area (Å²) >= 11 is 0. The second kappa shape index (κ2) is 18.0. The summed E-state index contributed by atoms with van der Waals surface area (Å²) in [6.45, 7) is 0. The van der Waals surface area contributed by atoms with E-state index < -0.39 is 0 Å². The van der Waals surface area contributed by atoms with Gasteiger partial charge in [-0.25, -0.2) is 15.0 Å². The molecule has 0 aliphatic heterocycles. The van der Waals surface area contributed by atoms with Gasteiger partial charge in [-0.05, 0) is 88.0 Å². The molecule has 0 saturated heterocycles. The van der Waals surface area contributed by atoms with Crippen LogP contribution in [0.3, 0.4) is 0 Å². The molecule has 3 aromatic heterocycles. The van der Waals surface area contributed by atoms with Gasteiger partial charge in [0.25, 0.3) is 0 Å². The Kier molecular flexibility index (Phi) is 10.4. The summed E-state index contributed by atoms with van der Waals surface area (Å²) in [6, 6.07) is 97.2. The molecule has 5 nitrogen and oxygen atoms in total. The zero-order valence-electron chi connectivity index (χ0n) is 40.2. The zero-order chi connectivity index (χ0) is 49.0. The minimum absolute atomic E-state index is 0.589. The number of hydrogen-bond acceptors (Lipinski definition) is 3. The normalized spacial score (nSPS) is 11.5. The molecule has 74 heavy (non-hydrogen) atoms. The van der Waals surface area contributed by atoms with E-state index in [1.165, 1.54) is 32.7 Å². The largest absolute Gasteiger partial charge is 0.309 e. The van der Waals surface area contributed by atoms with E-state index in [9.17, 15) is 0 Å². The highest BCUT2D eigenvalue weighted by molar-refractivity contribution is 6.11. The Bertz CT molecular complexity index is 4310. The number of para-hydroxylation sites is 4. The van der Waals surface area contributed by atoms with Crippen LogP contribution >= 0.6 is 0 Å².